The molecule has 3 rings (SSSR count). The summed E-state index contributed by atoms with van der Waals surface area (Å²) in [7, 11) is 0. The Balaban J connectivity index is 1.51. The van der Waals surface area contributed by atoms with E-state index in [9.17, 15) is 0 Å². The van der Waals surface area contributed by atoms with Crippen molar-refractivity contribution in [1.29, 1.82) is 0 Å². The third-order valence-electron chi connectivity index (χ3n) is 3.27. The predicted molar refractivity (Wildman–Crippen MR) is 72.2 cm³/mol. The molecule has 0 radical (unpaired) electrons. The van der Waals surface area contributed by atoms with E-state index in [1.807, 2.05) is 6.92 Å². The Labute approximate surface area is 112 Å². The molecule has 1 aliphatic rings. The monoisotopic (exact) mass is 258 g/mol. The highest BCUT2D eigenvalue weighted by Crippen LogP contribution is 2.29. The minimum atomic E-state index is 0.202. The highest BCUT2D eigenvalue weighted by atomic mass is 16.5. The van der Waals surface area contributed by atoms with Gasteiger partial charge in [-0.2, -0.15) is 0 Å². The first kappa shape index (κ1) is 12.2. The number of hydrogen-bond donors (Lipinski definition) is 1. The maximum absolute atomic E-state index is 5.89. The number of benzene rings is 1. The Morgan fingerprint density at radius 1 is 1.37 bits per heavy atom. The number of nitrogens with zero attached hydrogens (tertiary/aromatic N) is 1. The number of ether oxygens (including phenoxy) is 1. The van der Waals surface area contributed by atoms with Crippen molar-refractivity contribution in [2.24, 2.45) is 0 Å². The fourth-order valence-electron chi connectivity index (χ4n) is 2.39. The molecule has 1 aliphatic heterocycles. The largest absolute Gasteiger partial charge is 0.488 e. The second-order valence-corrected chi connectivity index (χ2v) is 5.05. The maximum Gasteiger partial charge on any atom is 0.208 e. The van der Waals surface area contributed by atoms with Gasteiger partial charge in [-0.05, 0) is 25.5 Å². The van der Waals surface area contributed by atoms with Gasteiger partial charge in [0.05, 0.1) is 12.7 Å². The maximum atomic E-state index is 5.89. The lowest BCUT2D eigenvalue weighted by Gasteiger charge is -2.10. The molecule has 0 spiro atoms. The predicted octanol–water partition coefficient (Wildman–Crippen LogP) is 2.38. The minimum absolute atomic E-state index is 0.202. The molecule has 4 nitrogen and oxygen atoms in total. The van der Waals surface area contributed by atoms with Gasteiger partial charge in [0.25, 0.3) is 0 Å². The zero-order valence-electron chi connectivity index (χ0n) is 11.3. The molecule has 19 heavy (non-hydrogen) atoms. The van der Waals surface area contributed by atoms with Crippen LogP contribution in [0.3, 0.4) is 0 Å². The molecule has 0 bridgehead atoms. The van der Waals surface area contributed by atoms with Crippen molar-refractivity contribution in [2.75, 3.05) is 6.54 Å². The van der Waals surface area contributed by atoms with Crippen molar-refractivity contribution in [1.82, 2.24) is 10.3 Å². The molecule has 0 saturated heterocycles. The lowest BCUT2D eigenvalue weighted by Crippen LogP contribution is -2.29. The van der Waals surface area contributed by atoms with Crippen LogP contribution in [0.1, 0.15) is 22.8 Å². The van der Waals surface area contributed by atoms with Crippen molar-refractivity contribution in [3.63, 3.8) is 0 Å². The molecule has 1 N–H and O–H groups in total. The van der Waals surface area contributed by atoms with Gasteiger partial charge >= 0.3 is 0 Å². The molecule has 1 aromatic carbocycles. The van der Waals surface area contributed by atoms with Crippen LogP contribution >= 0.6 is 0 Å². The van der Waals surface area contributed by atoms with E-state index in [1.165, 1.54) is 11.1 Å². The van der Waals surface area contributed by atoms with E-state index in [0.29, 0.717) is 6.54 Å². The molecule has 0 saturated carbocycles. The van der Waals surface area contributed by atoms with E-state index in [-0.39, 0.29) is 6.10 Å². The molecular formula is C15H18N2O2. The molecule has 2 heterocycles. The molecule has 0 aliphatic carbocycles. The number of nitrogens with one attached hydrogen (secondary N) is 1. The fourth-order valence-corrected chi connectivity index (χ4v) is 2.39. The van der Waals surface area contributed by atoms with E-state index in [1.54, 1.807) is 6.20 Å². The van der Waals surface area contributed by atoms with Crippen LogP contribution in [0.25, 0.3) is 0 Å². The van der Waals surface area contributed by atoms with Crippen LogP contribution in [-0.2, 0) is 13.0 Å². The average molecular weight is 258 g/mol. The van der Waals surface area contributed by atoms with E-state index in [0.717, 1.165) is 30.4 Å². The second kappa shape index (κ2) is 5.05. The number of hydrogen-bond acceptors (Lipinski definition) is 4. The van der Waals surface area contributed by atoms with Gasteiger partial charge in [0.2, 0.25) is 5.89 Å². The van der Waals surface area contributed by atoms with Crippen LogP contribution in [-0.4, -0.2) is 17.6 Å². The lowest BCUT2D eigenvalue weighted by atomic mass is 10.1. The summed E-state index contributed by atoms with van der Waals surface area (Å²) in [4.78, 5) is 4.16. The second-order valence-electron chi connectivity index (χ2n) is 5.05. The minimum Gasteiger partial charge on any atom is -0.488 e. The third-order valence-corrected chi connectivity index (χ3v) is 3.27. The average Bonchev–Trinajstić information content (AvgIpc) is 2.95. The summed E-state index contributed by atoms with van der Waals surface area (Å²) in [6.45, 7) is 5.45. The van der Waals surface area contributed by atoms with Gasteiger partial charge in [-0.15, -0.1) is 0 Å². The number of rotatable bonds is 4. The zero-order chi connectivity index (χ0) is 13.2. The van der Waals surface area contributed by atoms with Crippen LogP contribution in [0.5, 0.6) is 5.75 Å². The summed E-state index contributed by atoms with van der Waals surface area (Å²) in [6.07, 6.45) is 2.91. The van der Waals surface area contributed by atoms with Gasteiger partial charge in [-0.25, -0.2) is 4.98 Å². The summed E-state index contributed by atoms with van der Waals surface area (Å²) in [5.74, 6) is 2.59. The van der Waals surface area contributed by atoms with Gasteiger partial charge in [-0.3, -0.25) is 0 Å². The van der Waals surface area contributed by atoms with Crippen LogP contribution in [0.15, 0.2) is 28.8 Å². The van der Waals surface area contributed by atoms with Crippen LogP contribution in [0.4, 0.5) is 0 Å². The summed E-state index contributed by atoms with van der Waals surface area (Å²) in [5, 5.41) is 3.33. The standard InChI is InChI=1S/C15H18N2O2/c1-10-3-4-14-12(5-10)6-13(19-14)8-16-9-15-17-7-11(2)18-15/h3-5,7,13,16H,6,8-9H2,1-2H3. The SMILES string of the molecule is Cc1ccc2c(c1)CC(CNCc1ncc(C)o1)O2. The quantitative estimate of drug-likeness (QED) is 0.914. The Hall–Kier alpha value is -1.81. The Morgan fingerprint density at radius 2 is 2.26 bits per heavy atom. The van der Waals surface area contributed by atoms with Crippen molar-refractivity contribution in [3.8, 4) is 5.75 Å². The summed E-state index contributed by atoms with van der Waals surface area (Å²) < 4.78 is 11.3. The summed E-state index contributed by atoms with van der Waals surface area (Å²) in [6, 6.07) is 6.35. The highest BCUT2D eigenvalue weighted by Gasteiger charge is 2.22. The Morgan fingerprint density at radius 3 is 3.05 bits per heavy atom. The van der Waals surface area contributed by atoms with Crippen molar-refractivity contribution >= 4 is 0 Å². The molecule has 0 fully saturated rings. The molecule has 1 aromatic heterocycles. The first-order chi connectivity index (χ1) is 9.20. The topological polar surface area (TPSA) is 47.3 Å². The summed E-state index contributed by atoms with van der Waals surface area (Å²) in [5.41, 5.74) is 2.59. The smallest absolute Gasteiger partial charge is 0.208 e. The van der Waals surface area contributed by atoms with Crippen molar-refractivity contribution < 1.29 is 9.15 Å². The molecular weight excluding hydrogens is 240 g/mol. The van der Waals surface area contributed by atoms with Crippen LogP contribution in [0.2, 0.25) is 0 Å². The first-order valence-electron chi connectivity index (χ1n) is 6.59. The molecule has 1 unspecified atom stereocenters. The van der Waals surface area contributed by atoms with E-state index >= 15 is 0 Å². The number of fused-ring (bicyclic) bond motifs is 1. The number of oxazole rings is 1. The number of aromatic nitrogens is 1. The molecule has 0 amide bonds. The lowest BCUT2D eigenvalue weighted by molar-refractivity contribution is 0.225. The fraction of sp³-hybridized carbons (Fsp3) is 0.400. The van der Waals surface area contributed by atoms with Crippen molar-refractivity contribution in [3.05, 3.63) is 47.2 Å². The molecule has 2 aromatic rings. The first-order valence-corrected chi connectivity index (χ1v) is 6.59. The molecule has 4 heteroatoms. The van der Waals surface area contributed by atoms with Crippen LogP contribution < -0.4 is 10.1 Å². The van der Waals surface area contributed by atoms with Crippen LogP contribution in [0, 0.1) is 13.8 Å². The normalized spacial score (nSPS) is 17.3. The van der Waals surface area contributed by atoms with Gasteiger partial charge in [0.1, 0.15) is 17.6 Å². The van der Waals surface area contributed by atoms with E-state index in [4.69, 9.17) is 9.15 Å². The Kier molecular flexibility index (Phi) is 3.25. The van der Waals surface area contributed by atoms with Crippen molar-refractivity contribution in [2.45, 2.75) is 32.9 Å². The zero-order valence-corrected chi connectivity index (χ0v) is 11.3. The number of aryl methyl sites for hydroxylation is 2. The third kappa shape index (κ3) is 2.79. The molecule has 100 valence electrons. The van der Waals surface area contributed by atoms with Gasteiger partial charge in [0.15, 0.2) is 0 Å². The van der Waals surface area contributed by atoms with Gasteiger partial charge < -0.3 is 14.5 Å². The van der Waals surface area contributed by atoms with Gasteiger partial charge in [0, 0.05) is 13.0 Å². The summed E-state index contributed by atoms with van der Waals surface area (Å²) >= 11 is 0. The highest BCUT2D eigenvalue weighted by molar-refractivity contribution is 5.40. The Bertz CT molecular complexity index is 577. The van der Waals surface area contributed by atoms with Gasteiger partial charge in [-0.1, -0.05) is 17.7 Å². The molecule has 1 atom stereocenters. The van der Waals surface area contributed by atoms with E-state index < -0.39 is 0 Å². The van der Waals surface area contributed by atoms with E-state index in [2.05, 4.69) is 35.4 Å².